The number of morpholine rings is 1. The van der Waals surface area contributed by atoms with Gasteiger partial charge < -0.3 is 10.1 Å². The highest BCUT2D eigenvalue weighted by molar-refractivity contribution is 4.96. The van der Waals surface area contributed by atoms with Crippen LogP contribution in [0.4, 0.5) is 0 Å². The van der Waals surface area contributed by atoms with Crippen molar-refractivity contribution in [2.75, 3.05) is 39.3 Å². The Labute approximate surface area is 117 Å². The molecule has 2 heterocycles. The van der Waals surface area contributed by atoms with Crippen LogP contribution in [-0.4, -0.2) is 73.4 Å². The van der Waals surface area contributed by atoms with Crippen molar-refractivity contribution in [3.05, 3.63) is 0 Å². The Hall–Kier alpha value is -0.160. The Morgan fingerprint density at radius 1 is 1.26 bits per heavy atom. The molecular weight excluding hydrogens is 238 g/mol. The lowest BCUT2D eigenvalue weighted by atomic mass is 10.2. The molecular formula is C15H29N3O. The average Bonchev–Trinajstić information content (AvgIpc) is 3.20. The lowest BCUT2D eigenvalue weighted by Crippen LogP contribution is -2.48. The van der Waals surface area contributed by atoms with Gasteiger partial charge in [0, 0.05) is 44.3 Å². The summed E-state index contributed by atoms with van der Waals surface area (Å²) in [5, 5.41) is 3.75. The van der Waals surface area contributed by atoms with Crippen molar-refractivity contribution in [2.45, 2.75) is 57.3 Å². The Kier molecular flexibility index (Phi) is 4.42. The number of hydrogen-bond donors (Lipinski definition) is 1. The van der Waals surface area contributed by atoms with Crippen LogP contribution in [-0.2, 0) is 4.74 Å². The summed E-state index contributed by atoms with van der Waals surface area (Å²) in [6.45, 7) is 11.1. The molecule has 0 radical (unpaired) electrons. The maximum atomic E-state index is 5.87. The van der Waals surface area contributed by atoms with Gasteiger partial charge in [0.25, 0.3) is 0 Å². The molecule has 3 unspecified atom stereocenters. The minimum atomic E-state index is 0.388. The summed E-state index contributed by atoms with van der Waals surface area (Å²) in [7, 11) is 0. The first-order valence-electron chi connectivity index (χ1n) is 8.09. The molecule has 0 aromatic rings. The third-order valence-corrected chi connectivity index (χ3v) is 4.94. The second-order valence-electron chi connectivity index (χ2n) is 6.50. The maximum Gasteiger partial charge on any atom is 0.0826 e. The monoisotopic (exact) mass is 267 g/mol. The van der Waals surface area contributed by atoms with Gasteiger partial charge in [-0.15, -0.1) is 0 Å². The fraction of sp³-hybridized carbons (Fsp3) is 1.00. The Balaban J connectivity index is 1.40. The highest BCUT2D eigenvalue weighted by Gasteiger charge is 2.38. The third-order valence-electron chi connectivity index (χ3n) is 4.94. The Morgan fingerprint density at radius 3 is 2.84 bits per heavy atom. The van der Waals surface area contributed by atoms with Crippen LogP contribution in [0, 0.1) is 0 Å². The van der Waals surface area contributed by atoms with E-state index in [1.165, 1.54) is 25.8 Å². The normalized spacial score (nSPS) is 37.9. The van der Waals surface area contributed by atoms with Crippen molar-refractivity contribution in [3.63, 3.8) is 0 Å². The predicted molar refractivity (Wildman–Crippen MR) is 77.5 cm³/mol. The highest BCUT2D eigenvalue weighted by atomic mass is 16.5. The number of ether oxygens (including phenoxy) is 1. The van der Waals surface area contributed by atoms with Crippen molar-refractivity contribution in [1.29, 1.82) is 0 Å². The molecule has 2 aliphatic heterocycles. The third kappa shape index (κ3) is 3.48. The van der Waals surface area contributed by atoms with Crippen LogP contribution in [0.1, 0.15) is 33.1 Å². The zero-order chi connectivity index (χ0) is 13.2. The first-order chi connectivity index (χ1) is 9.26. The molecule has 0 aromatic carbocycles. The summed E-state index contributed by atoms with van der Waals surface area (Å²) < 4.78 is 5.87. The van der Waals surface area contributed by atoms with E-state index in [2.05, 4.69) is 29.0 Å². The molecule has 3 aliphatic rings. The zero-order valence-corrected chi connectivity index (χ0v) is 12.5. The molecule has 3 fully saturated rings. The van der Waals surface area contributed by atoms with E-state index in [-0.39, 0.29) is 0 Å². The smallest absolute Gasteiger partial charge is 0.0826 e. The SMILES string of the molecule is CCN1CCOC(CNC2CC(C)N(C3CC3)C2)C1. The van der Waals surface area contributed by atoms with E-state index < -0.39 is 0 Å². The molecule has 2 saturated heterocycles. The van der Waals surface area contributed by atoms with Gasteiger partial charge in [0.1, 0.15) is 0 Å². The van der Waals surface area contributed by atoms with Gasteiger partial charge >= 0.3 is 0 Å². The minimum Gasteiger partial charge on any atom is -0.374 e. The van der Waals surface area contributed by atoms with E-state index in [4.69, 9.17) is 4.74 Å². The first kappa shape index (κ1) is 13.8. The topological polar surface area (TPSA) is 27.7 Å². The molecule has 0 spiro atoms. The molecule has 3 rings (SSSR count). The van der Waals surface area contributed by atoms with Crippen LogP contribution in [0.5, 0.6) is 0 Å². The van der Waals surface area contributed by atoms with E-state index in [0.29, 0.717) is 12.1 Å². The van der Waals surface area contributed by atoms with Crippen LogP contribution < -0.4 is 5.32 Å². The largest absolute Gasteiger partial charge is 0.374 e. The van der Waals surface area contributed by atoms with Gasteiger partial charge in [-0.25, -0.2) is 0 Å². The van der Waals surface area contributed by atoms with Crippen LogP contribution in [0.2, 0.25) is 0 Å². The van der Waals surface area contributed by atoms with Crippen LogP contribution in [0.15, 0.2) is 0 Å². The lowest BCUT2D eigenvalue weighted by Gasteiger charge is -2.32. The highest BCUT2D eigenvalue weighted by Crippen LogP contribution is 2.33. The number of hydrogen-bond acceptors (Lipinski definition) is 4. The van der Waals surface area contributed by atoms with Crippen molar-refractivity contribution >= 4 is 0 Å². The predicted octanol–water partition coefficient (Wildman–Crippen LogP) is 0.922. The lowest BCUT2D eigenvalue weighted by molar-refractivity contribution is -0.0262. The summed E-state index contributed by atoms with van der Waals surface area (Å²) in [5.74, 6) is 0. The molecule has 0 bridgehead atoms. The van der Waals surface area contributed by atoms with Crippen LogP contribution >= 0.6 is 0 Å². The molecule has 110 valence electrons. The molecule has 1 N–H and O–H groups in total. The molecule has 4 heteroatoms. The standard InChI is InChI=1S/C15H29N3O/c1-3-17-6-7-19-15(11-17)9-16-13-8-12(2)18(10-13)14-4-5-14/h12-16H,3-11H2,1-2H3. The fourth-order valence-corrected chi connectivity index (χ4v) is 3.61. The maximum absolute atomic E-state index is 5.87. The number of rotatable bonds is 5. The summed E-state index contributed by atoms with van der Waals surface area (Å²) in [4.78, 5) is 5.20. The molecule has 1 saturated carbocycles. The molecule has 0 aromatic heterocycles. The summed E-state index contributed by atoms with van der Waals surface area (Å²) in [5.41, 5.74) is 0. The van der Waals surface area contributed by atoms with E-state index in [1.807, 2.05) is 0 Å². The van der Waals surface area contributed by atoms with Gasteiger partial charge in [-0.05, 0) is 32.7 Å². The van der Waals surface area contributed by atoms with E-state index in [9.17, 15) is 0 Å². The summed E-state index contributed by atoms with van der Waals surface area (Å²) in [6.07, 6.45) is 4.54. The van der Waals surface area contributed by atoms with Crippen molar-refractivity contribution < 1.29 is 4.74 Å². The fourth-order valence-electron chi connectivity index (χ4n) is 3.61. The number of likely N-dealkylation sites (N-methyl/N-ethyl adjacent to an activating group) is 1. The van der Waals surface area contributed by atoms with Gasteiger partial charge in [-0.2, -0.15) is 0 Å². The molecule has 1 aliphatic carbocycles. The number of likely N-dealkylation sites (tertiary alicyclic amines) is 1. The quantitative estimate of drug-likeness (QED) is 0.802. The number of nitrogens with one attached hydrogen (secondary N) is 1. The van der Waals surface area contributed by atoms with Gasteiger partial charge in [-0.3, -0.25) is 9.80 Å². The molecule has 4 nitrogen and oxygen atoms in total. The second-order valence-corrected chi connectivity index (χ2v) is 6.50. The van der Waals surface area contributed by atoms with E-state index in [1.54, 1.807) is 0 Å². The molecule has 3 atom stereocenters. The summed E-state index contributed by atoms with van der Waals surface area (Å²) >= 11 is 0. The van der Waals surface area contributed by atoms with E-state index >= 15 is 0 Å². The first-order valence-corrected chi connectivity index (χ1v) is 8.09. The number of nitrogens with zero attached hydrogens (tertiary/aromatic N) is 2. The van der Waals surface area contributed by atoms with Gasteiger partial charge in [0.2, 0.25) is 0 Å². The van der Waals surface area contributed by atoms with Crippen LogP contribution in [0.3, 0.4) is 0 Å². The average molecular weight is 267 g/mol. The summed E-state index contributed by atoms with van der Waals surface area (Å²) in [6, 6.07) is 2.35. The van der Waals surface area contributed by atoms with Gasteiger partial charge in [0.05, 0.1) is 12.7 Å². The van der Waals surface area contributed by atoms with E-state index in [0.717, 1.165) is 44.9 Å². The molecule has 19 heavy (non-hydrogen) atoms. The Morgan fingerprint density at radius 2 is 2.11 bits per heavy atom. The molecule has 0 amide bonds. The minimum absolute atomic E-state index is 0.388. The van der Waals surface area contributed by atoms with Gasteiger partial charge in [0.15, 0.2) is 0 Å². The van der Waals surface area contributed by atoms with Crippen molar-refractivity contribution in [2.24, 2.45) is 0 Å². The van der Waals surface area contributed by atoms with Crippen molar-refractivity contribution in [1.82, 2.24) is 15.1 Å². The van der Waals surface area contributed by atoms with Gasteiger partial charge in [-0.1, -0.05) is 6.92 Å². The Bertz CT molecular complexity index is 295. The zero-order valence-electron chi connectivity index (χ0n) is 12.5. The van der Waals surface area contributed by atoms with Crippen molar-refractivity contribution in [3.8, 4) is 0 Å². The second kappa shape index (κ2) is 6.08. The van der Waals surface area contributed by atoms with Crippen LogP contribution in [0.25, 0.3) is 0 Å².